The van der Waals surface area contributed by atoms with Gasteiger partial charge in [-0.15, -0.1) is 0 Å². The molecule has 0 spiro atoms. The molecule has 204 valence electrons. The number of hydrogen-bond donors (Lipinski definition) is 3. The summed E-state index contributed by atoms with van der Waals surface area (Å²) in [4.78, 5) is 59.5. The molecule has 39 heavy (non-hydrogen) atoms. The minimum Gasteiger partial charge on any atom is -0.370 e. The van der Waals surface area contributed by atoms with Crippen molar-refractivity contribution in [2.45, 2.75) is 32.1 Å². The molecule has 0 saturated carbocycles. The second-order valence-electron chi connectivity index (χ2n) is 8.64. The fourth-order valence-electron chi connectivity index (χ4n) is 3.71. The number of anilines is 2. The van der Waals surface area contributed by atoms with Gasteiger partial charge in [-0.3, -0.25) is 19.2 Å². The van der Waals surface area contributed by atoms with E-state index in [1.807, 2.05) is 0 Å². The first-order valence-corrected chi connectivity index (χ1v) is 14.3. The van der Waals surface area contributed by atoms with Gasteiger partial charge in [0.05, 0.1) is 20.4 Å². The Morgan fingerprint density at radius 2 is 1.26 bits per heavy atom. The number of nitrogens with zero attached hydrogens (tertiary/aromatic N) is 3. The van der Waals surface area contributed by atoms with Gasteiger partial charge in [0.25, 0.3) is 0 Å². The Hall–Kier alpha value is -3.32. The first-order valence-electron chi connectivity index (χ1n) is 11.9. The van der Waals surface area contributed by atoms with Gasteiger partial charge in [0.15, 0.2) is 10.3 Å². The molecule has 2 heterocycles. The van der Waals surface area contributed by atoms with Gasteiger partial charge in [0.2, 0.25) is 23.6 Å². The highest BCUT2D eigenvalue weighted by molar-refractivity contribution is 7.22. The van der Waals surface area contributed by atoms with E-state index in [1.165, 1.54) is 27.6 Å². The third-order valence-electron chi connectivity index (χ3n) is 5.53. The van der Waals surface area contributed by atoms with Crippen molar-refractivity contribution in [1.82, 2.24) is 14.9 Å². The van der Waals surface area contributed by atoms with E-state index in [4.69, 9.17) is 28.9 Å². The van der Waals surface area contributed by atoms with Gasteiger partial charge in [-0.05, 0) is 49.2 Å². The van der Waals surface area contributed by atoms with E-state index in [1.54, 1.807) is 36.4 Å². The molecule has 0 saturated heterocycles. The van der Waals surface area contributed by atoms with Crippen LogP contribution in [0.2, 0.25) is 10.0 Å². The number of fused-ring (bicyclic) bond motifs is 2. The van der Waals surface area contributed by atoms with E-state index >= 15 is 0 Å². The summed E-state index contributed by atoms with van der Waals surface area (Å²) in [7, 11) is 0. The summed E-state index contributed by atoms with van der Waals surface area (Å²) in [6, 6.07) is 10.4. The molecule has 0 fully saturated rings. The van der Waals surface area contributed by atoms with Crippen molar-refractivity contribution in [3.8, 4) is 0 Å². The molecule has 2 aromatic heterocycles. The van der Waals surface area contributed by atoms with Crippen LogP contribution in [0.25, 0.3) is 20.4 Å². The maximum atomic E-state index is 13.0. The predicted molar refractivity (Wildman–Crippen MR) is 155 cm³/mol. The van der Waals surface area contributed by atoms with Crippen molar-refractivity contribution in [2.24, 2.45) is 5.73 Å². The molecule has 0 unspecified atom stereocenters. The quantitative estimate of drug-likeness (QED) is 0.192. The summed E-state index contributed by atoms with van der Waals surface area (Å²) in [6.45, 7) is -0.695. The fourth-order valence-corrected chi connectivity index (χ4v) is 6.03. The van der Waals surface area contributed by atoms with E-state index in [0.29, 0.717) is 50.6 Å². The van der Waals surface area contributed by atoms with E-state index in [9.17, 15) is 19.2 Å². The third-order valence-corrected chi connectivity index (χ3v) is 7.87. The Kier molecular flexibility index (Phi) is 9.68. The van der Waals surface area contributed by atoms with Crippen LogP contribution in [0.5, 0.6) is 0 Å². The monoisotopic (exact) mass is 606 g/mol. The van der Waals surface area contributed by atoms with Gasteiger partial charge in [-0.2, -0.15) is 0 Å². The average Bonchev–Trinajstić information content (AvgIpc) is 3.44. The van der Waals surface area contributed by atoms with Crippen LogP contribution < -0.4 is 16.4 Å². The Labute approximate surface area is 241 Å². The second-order valence-corrected chi connectivity index (χ2v) is 11.6. The van der Waals surface area contributed by atoms with E-state index < -0.39 is 17.7 Å². The highest BCUT2D eigenvalue weighted by Crippen LogP contribution is 2.29. The molecule has 0 radical (unpaired) electrons. The molecular formula is C25H24Cl2N6O4S2. The number of benzene rings is 2. The number of carbonyl (C=O) groups excluding carboxylic acids is 4. The molecule has 10 nitrogen and oxygen atoms in total. The van der Waals surface area contributed by atoms with Gasteiger partial charge in [0, 0.05) is 22.9 Å². The molecule has 0 aliphatic carbocycles. The summed E-state index contributed by atoms with van der Waals surface area (Å²) in [5.74, 6) is -1.76. The van der Waals surface area contributed by atoms with Crippen molar-refractivity contribution in [3.63, 3.8) is 0 Å². The number of aromatic nitrogens is 2. The number of carbonyl (C=O) groups is 4. The first kappa shape index (κ1) is 28.7. The third kappa shape index (κ3) is 8.33. The maximum absolute atomic E-state index is 13.0. The highest BCUT2D eigenvalue weighted by Gasteiger charge is 2.22. The zero-order valence-electron chi connectivity index (χ0n) is 20.5. The van der Waals surface area contributed by atoms with Crippen LogP contribution >= 0.6 is 45.9 Å². The smallest absolute Gasteiger partial charge is 0.245 e. The molecule has 2 aromatic carbocycles. The van der Waals surface area contributed by atoms with Crippen molar-refractivity contribution >= 4 is 100 Å². The lowest BCUT2D eigenvalue weighted by molar-refractivity contribution is -0.137. The van der Waals surface area contributed by atoms with Crippen LogP contribution in [0.15, 0.2) is 36.4 Å². The number of primary amides is 1. The molecule has 4 N–H and O–H groups in total. The van der Waals surface area contributed by atoms with E-state index in [2.05, 4.69) is 20.6 Å². The molecule has 4 amide bonds. The van der Waals surface area contributed by atoms with Crippen LogP contribution in [-0.4, -0.2) is 51.6 Å². The Balaban J connectivity index is 1.40. The van der Waals surface area contributed by atoms with Crippen LogP contribution in [0.4, 0.5) is 10.3 Å². The van der Waals surface area contributed by atoms with E-state index in [-0.39, 0.29) is 31.8 Å². The zero-order chi connectivity index (χ0) is 27.9. The molecule has 14 heteroatoms. The summed E-state index contributed by atoms with van der Waals surface area (Å²) < 4.78 is 1.61. The minimum absolute atomic E-state index is 0.110. The van der Waals surface area contributed by atoms with Gasteiger partial charge >= 0.3 is 0 Å². The Morgan fingerprint density at radius 3 is 1.74 bits per heavy atom. The molecular weight excluding hydrogens is 583 g/mol. The number of halogens is 2. The van der Waals surface area contributed by atoms with Crippen molar-refractivity contribution in [2.75, 3.05) is 23.7 Å². The van der Waals surface area contributed by atoms with Gasteiger partial charge in [-0.1, -0.05) is 52.3 Å². The van der Waals surface area contributed by atoms with Gasteiger partial charge in [-0.25, -0.2) is 9.97 Å². The highest BCUT2D eigenvalue weighted by atomic mass is 35.5. The number of amides is 4. The Morgan fingerprint density at radius 1 is 0.769 bits per heavy atom. The SMILES string of the molecule is NC(=O)CCCCCC(=O)N(CC(=O)Nc1nc2ccc(Cl)cc2s1)CC(=O)Nc1nc2ccc(Cl)cc2s1. The molecule has 0 aliphatic heterocycles. The average molecular weight is 608 g/mol. The summed E-state index contributed by atoms with van der Waals surface area (Å²) >= 11 is 14.6. The minimum atomic E-state index is -0.496. The molecule has 4 rings (SSSR count). The number of hydrogen-bond acceptors (Lipinski definition) is 8. The normalized spacial score (nSPS) is 11.0. The predicted octanol–water partition coefficient (Wildman–Crippen LogP) is 5.05. The van der Waals surface area contributed by atoms with Crippen LogP contribution in [0.1, 0.15) is 32.1 Å². The largest absolute Gasteiger partial charge is 0.370 e. The van der Waals surface area contributed by atoms with Crippen molar-refractivity contribution < 1.29 is 19.2 Å². The lowest BCUT2D eigenvalue weighted by Crippen LogP contribution is -2.42. The number of nitrogens with one attached hydrogen (secondary N) is 2. The first-order chi connectivity index (χ1) is 18.7. The molecule has 0 atom stereocenters. The van der Waals surface area contributed by atoms with Crippen LogP contribution in [0.3, 0.4) is 0 Å². The van der Waals surface area contributed by atoms with E-state index in [0.717, 1.165) is 9.40 Å². The van der Waals surface area contributed by atoms with Crippen molar-refractivity contribution in [3.05, 3.63) is 46.4 Å². The second kappa shape index (κ2) is 13.2. The number of thiazole rings is 2. The maximum Gasteiger partial charge on any atom is 0.245 e. The van der Waals surface area contributed by atoms with Gasteiger partial charge in [0.1, 0.15) is 13.1 Å². The van der Waals surface area contributed by atoms with Crippen molar-refractivity contribution in [1.29, 1.82) is 0 Å². The summed E-state index contributed by atoms with van der Waals surface area (Å²) in [5.41, 5.74) is 6.52. The zero-order valence-corrected chi connectivity index (χ0v) is 23.7. The van der Waals surface area contributed by atoms with Crippen LogP contribution in [-0.2, 0) is 19.2 Å². The lowest BCUT2D eigenvalue weighted by Gasteiger charge is -2.21. The lowest BCUT2D eigenvalue weighted by atomic mass is 10.1. The topological polar surface area (TPSA) is 147 Å². The summed E-state index contributed by atoms with van der Waals surface area (Å²) in [5, 5.41) is 7.21. The molecule has 0 aliphatic rings. The number of unbranched alkanes of at least 4 members (excludes halogenated alkanes) is 2. The number of rotatable bonds is 12. The summed E-state index contributed by atoms with van der Waals surface area (Å²) in [6.07, 6.45) is 2.02. The Bertz CT molecular complexity index is 1440. The standard InChI is InChI=1S/C25H24Cl2N6O4S2/c26-14-6-8-16-18(10-14)38-24(29-16)31-21(35)12-33(23(37)5-3-1-2-4-20(28)34)13-22(36)32-25-30-17-9-7-15(27)11-19(17)39-25/h6-11H,1-5,12-13H2,(H2,28,34)(H,29,31,35)(H,30,32,36). The fraction of sp³-hybridized carbons (Fsp3) is 0.280. The molecule has 4 aromatic rings. The number of nitrogens with two attached hydrogens (primary N) is 1. The molecule has 0 bridgehead atoms. The van der Waals surface area contributed by atoms with Gasteiger partial charge < -0.3 is 21.3 Å². The van der Waals surface area contributed by atoms with Crippen LogP contribution in [0, 0.1) is 0 Å².